The highest BCUT2D eigenvalue weighted by molar-refractivity contribution is 5.88. The molecule has 0 N–H and O–H groups in total. The van der Waals surface area contributed by atoms with Gasteiger partial charge in [-0.25, -0.2) is 0 Å². The van der Waals surface area contributed by atoms with E-state index in [1.165, 1.54) is 38.5 Å². The zero-order valence-corrected chi connectivity index (χ0v) is 14.0. The summed E-state index contributed by atoms with van der Waals surface area (Å²) in [6, 6.07) is 0. The summed E-state index contributed by atoms with van der Waals surface area (Å²) in [5, 5.41) is 0. The van der Waals surface area contributed by atoms with Gasteiger partial charge in [0.15, 0.2) is 5.78 Å². The molecule has 1 aliphatic rings. The van der Waals surface area contributed by atoms with Crippen LogP contribution in [-0.4, -0.2) is 18.5 Å². The molecule has 2 nitrogen and oxygen atoms in total. The van der Waals surface area contributed by atoms with Crippen molar-refractivity contribution < 1.29 is 9.53 Å². The van der Waals surface area contributed by atoms with Crippen molar-refractivity contribution >= 4 is 5.78 Å². The lowest BCUT2D eigenvalue weighted by molar-refractivity contribution is -0.150. The van der Waals surface area contributed by atoms with Gasteiger partial charge in [0, 0.05) is 13.5 Å². The molecular weight excluding hydrogens is 248 g/mol. The van der Waals surface area contributed by atoms with Crippen LogP contribution < -0.4 is 0 Å². The van der Waals surface area contributed by atoms with Gasteiger partial charge in [0.25, 0.3) is 0 Å². The summed E-state index contributed by atoms with van der Waals surface area (Å²) in [7, 11) is 1.72. The summed E-state index contributed by atoms with van der Waals surface area (Å²) < 4.78 is 5.75. The van der Waals surface area contributed by atoms with Gasteiger partial charge in [0.2, 0.25) is 0 Å². The van der Waals surface area contributed by atoms with Crippen LogP contribution in [0.3, 0.4) is 0 Å². The quantitative estimate of drug-likeness (QED) is 0.518. The molecule has 2 atom stereocenters. The second-order valence-corrected chi connectivity index (χ2v) is 6.67. The molecule has 1 rings (SSSR count). The van der Waals surface area contributed by atoms with Gasteiger partial charge in [-0.1, -0.05) is 59.3 Å². The number of rotatable bonds is 10. The molecule has 0 bridgehead atoms. The van der Waals surface area contributed by atoms with E-state index in [4.69, 9.17) is 4.74 Å². The summed E-state index contributed by atoms with van der Waals surface area (Å²) >= 11 is 0. The van der Waals surface area contributed by atoms with E-state index in [1.807, 2.05) is 0 Å². The Hall–Kier alpha value is -0.370. The van der Waals surface area contributed by atoms with E-state index >= 15 is 0 Å². The fraction of sp³-hybridized carbons (Fsp3) is 0.944. The van der Waals surface area contributed by atoms with Crippen molar-refractivity contribution in [3.8, 4) is 0 Å². The number of hydrogen-bond donors (Lipinski definition) is 0. The molecule has 0 spiro atoms. The first kappa shape index (κ1) is 17.7. The first-order valence-corrected chi connectivity index (χ1v) is 8.68. The predicted molar refractivity (Wildman–Crippen MR) is 84.9 cm³/mol. The molecule has 2 unspecified atom stereocenters. The van der Waals surface area contributed by atoms with Crippen molar-refractivity contribution in [2.45, 2.75) is 90.6 Å². The molecule has 0 radical (unpaired) electrons. The predicted octanol–water partition coefficient (Wildman–Crippen LogP) is 5.15. The van der Waals surface area contributed by atoms with Crippen LogP contribution in [0.25, 0.3) is 0 Å². The minimum absolute atomic E-state index is 0.353. The minimum atomic E-state index is -0.484. The average Bonchev–Trinajstić information content (AvgIpc) is 2.73. The van der Waals surface area contributed by atoms with Crippen molar-refractivity contribution in [2.75, 3.05) is 7.11 Å². The van der Waals surface area contributed by atoms with Crippen molar-refractivity contribution in [3.05, 3.63) is 0 Å². The van der Waals surface area contributed by atoms with Crippen LogP contribution in [0.2, 0.25) is 0 Å². The first-order chi connectivity index (χ1) is 9.59. The van der Waals surface area contributed by atoms with Crippen LogP contribution in [0.15, 0.2) is 0 Å². The first-order valence-electron chi connectivity index (χ1n) is 8.68. The minimum Gasteiger partial charge on any atom is -0.370 e. The van der Waals surface area contributed by atoms with Crippen molar-refractivity contribution in [1.29, 1.82) is 0 Å². The summed E-state index contributed by atoms with van der Waals surface area (Å²) in [5.41, 5.74) is -0.484. The molecule has 0 aromatic rings. The zero-order valence-electron chi connectivity index (χ0n) is 14.0. The van der Waals surface area contributed by atoms with E-state index in [-0.39, 0.29) is 0 Å². The van der Waals surface area contributed by atoms with Gasteiger partial charge < -0.3 is 4.74 Å². The van der Waals surface area contributed by atoms with Crippen LogP contribution in [-0.2, 0) is 9.53 Å². The standard InChI is InChI=1S/C18H34O2/c1-5-6-7-8-9-10-11-12-17(19)18(20-4)15(2)13-14-16(18)3/h15-16H,5-14H2,1-4H3. The van der Waals surface area contributed by atoms with E-state index < -0.39 is 5.60 Å². The van der Waals surface area contributed by atoms with Gasteiger partial charge in [-0.3, -0.25) is 4.79 Å². The number of carbonyl (C=O) groups is 1. The lowest BCUT2D eigenvalue weighted by Crippen LogP contribution is -2.47. The normalized spacial score (nSPS) is 29.8. The molecule has 0 heterocycles. The van der Waals surface area contributed by atoms with Gasteiger partial charge >= 0.3 is 0 Å². The molecule has 1 aliphatic carbocycles. The van der Waals surface area contributed by atoms with E-state index in [2.05, 4.69) is 20.8 Å². The third-order valence-electron chi connectivity index (χ3n) is 5.28. The van der Waals surface area contributed by atoms with Crippen LogP contribution in [0.5, 0.6) is 0 Å². The third kappa shape index (κ3) is 4.07. The molecule has 1 saturated carbocycles. The van der Waals surface area contributed by atoms with E-state index in [0.717, 1.165) is 19.3 Å². The van der Waals surface area contributed by atoms with Gasteiger partial charge in [-0.05, 0) is 31.1 Å². The highest BCUT2D eigenvalue weighted by atomic mass is 16.5. The molecule has 0 aliphatic heterocycles. The maximum absolute atomic E-state index is 12.6. The molecule has 1 fully saturated rings. The van der Waals surface area contributed by atoms with Crippen molar-refractivity contribution in [1.82, 2.24) is 0 Å². The maximum atomic E-state index is 12.6. The van der Waals surface area contributed by atoms with Crippen LogP contribution in [0.1, 0.15) is 85.0 Å². The molecule has 0 amide bonds. The smallest absolute Gasteiger partial charge is 0.165 e. The monoisotopic (exact) mass is 282 g/mol. The van der Waals surface area contributed by atoms with Gasteiger partial charge in [-0.15, -0.1) is 0 Å². The Labute approximate surface area is 125 Å². The lowest BCUT2D eigenvalue weighted by atomic mass is 9.80. The average molecular weight is 282 g/mol. The summed E-state index contributed by atoms with van der Waals surface area (Å²) in [4.78, 5) is 12.6. The Balaban J connectivity index is 2.30. The SMILES string of the molecule is CCCCCCCCCC(=O)C1(OC)C(C)CCC1C. The third-order valence-corrected chi connectivity index (χ3v) is 5.28. The Bertz CT molecular complexity index is 275. The van der Waals surface area contributed by atoms with E-state index in [1.54, 1.807) is 7.11 Å². The highest BCUT2D eigenvalue weighted by Gasteiger charge is 2.51. The number of carbonyl (C=O) groups excluding carboxylic acids is 1. The van der Waals surface area contributed by atoms with Crippen LogP contribution in [0.4, 0.5) is 0 Å². The number of methoxy groups -OCH3 is 1. The topological polar surface area (TPSA) is 26.3 Å². The summed E-state index contributed by atoms with van der Waals surface area (Å²) in [5.74, 6) is 1.10. The van der Waals surface area contributed by atoms with Crippen molar-refractivity contribution in [2.24, 2.45) is 11.8 Å². The van der Waals surface area contributed by atoms with E-state index in [9.17, 15) is 4.79 Å². The Morgan fingerprint density at radius 1 is 1.00 bits per heavy atom. The van der Waals surface area contributed by atoms with Gasteiger partial charge in [-0.2, -0.15) is 0 Å². The van der Waals surface area contributed by atoms with Crippen LogP contribution >= 0.6 is 0 Å². The fourth-order valence-electron chi connectivity index (χ4n) is 3.92. The largest absolute Gasteiger partial charge is 0.370 e. The molecule has 0 aromatic carbocycles. The van der Waals surface area contributed by atoms with Crippen LogP contribution in [0, 0.1) is 11.8 Å². The number of unbranched alkanes of at least 4 members (excludes halogenated alkanes) is 6. The highest BCUT2D eigenvalue weighted by Crippen LogP contribution is 2.44. The van der Waals surface area contributed by atoms with Crippen molar-refractivity contribution in [3.63, 3.8) is 0 Å². The second-order valence-electron chi connectivity index (χ2n) is 6.67. The molecule has 0 aromatic heterocycles. The number of ether oxygens (including phenoxy) is 1. The maximum Gasteiger partial charge on any atom is 0.165 e. The summed E-state index contributed by atoms with van der Waals surface area (Å²) in [6.45, 7) is 6.60. The Morgan fingerprint density at radius 3 is 2.00 bits per heavy atom. The Morgan fingerprint density at radius 2 is 1.50 bits per heavy atom. The fourth-order valence-corrected chi connectivity index (χ4v) is 3.92. The molecule has 2 heteroatoms. The Kier molecular flexibility index (Phi) is 7.79. The lowest BCUT2D eigenvalue weighted by Gasteiger charge is -2.35. The molecular formula is C18H34O2. The molecule has 0 saturated heterocycles. The molecule has 20 heavy (non-hydrogen) atoms. The molecule has 118 valence electrons. The number of Topliss-reactive ketones (excluding diaryl/α,β-unsaturated/α-hetero) is 1. The van der Waals surface area contributed by atoms with Gasteiger partial charge in [0.05, 0.1) is 0 Å². The summed E-state index contributed by atoms with van der Waals surface area (Å²) in [6.07, 6.45) is 11.8. The van der Waals surface area contributed by atoms with Gasteiger partial charge in [0.1, 0.15) is 5.60 Å². The zero-order chi connectivity index (χ0) is 15.0. The number of hydrogen-bond acceptors (Lipinski definition) is 2. The number of ketones is 1. The van der Waals surface area contributed by atoms with E-state index in [0.29, 0.717) is 24.0 Å². The second kappa shape index (κ2) is 8.81.